The highest BCUT2D eigenvalue weighted by atomic mass is 19.4. The number of hydrogen-bond acceptors (Lipinski definition) is 7. The Kier molecular flexibility index (Phi) is 6.30. The molecule has 1 unspecified atom stereocenters. The van der Waals surface area contributed by atoms with E-state index in [0.717, 1.165) is 27.0 Å². The maximum Gasteiger partial charge on any atom is 0.416 e. The molecule has 2 saturated heterocycles. The Morgan fingerprint density at radius 1 is 1.08 bits per heavy atom. The molecule has 2 fully saturated rings. The average molecular weight is 520 g/mol. The molecule has 2 aliphatic heterocycles. The first-order valence-corrected chi connectivity index (χ1v) is 10.3. The van der Waals surface area contributed by atoms with Crippen molar-refractivity contribution in [1.29, 1.82) is 0 Å². The number of benzene rings is 1. The number of rotatable bonds is 5. The lowest BCUT2D eigenvalue weighted by Crippen LogP contribution is -2.58. The monoisotopic (exact) mass is 520 g/mol. The van der Waals surface area contributed by atoms with Crippen molar-refractivity contribution in [2.24, 2.45) is 0 Å². The van der Waals surface area contributed by atoms with E-state index >= 15 is 0 Å². The highest BCUT2D eigenvalue weighted by Gasteiger charge is 2.42. The molecule has 10 nitrogen and oxygen atoms in total. The summed E-state index contributed by atoms with van der Waals surface area (Å²) in [6, 6.07) is 0.131. The van der Waals surface area contributed by atoms with Crippen molar-refractivity contribution >= 4 is 18.1 Å². The summed E-state index contributed by atoms with van der Waals surface area (Å²) in [6.07, 6.45) is -9.97. The molecule has 16 heteroatoms. The molecule has 0 aliphatic carbocycles. The van der Waals surface area contributed by atoms with Crippen LogP contribution < -0.4 is 0 Å². The van der Waals surface area contributed by atoms with Crippen LogP contribution in [0.3, 0.4) is 0 Å². The van der Waals surface area contributed by atoms with Gasteiger partial charge in [-0.25, -0.2) is 14.5 Å². The second-order valence-corrected chi connectivity index (χ2v) is 8.20. The fourth-order valence-corrected chi connectivity index (χ4v) is 3.64. The topological polar surface area (TPSA) is 115 Å². The zero-order valence-corrected chi connectivity index (χ0v) is 18.3. The maximum atomic E-state index is 13.1. The van der Waals surface area contributed by atoms with Gasteiger partial charge in [-0.1, -0.05) is 0 Å². The Labute approximate surface area is 198 Å². The van der Waals surface area contributed by atoms with Gasteiger partial charge in [0.1, 0.15) is 18.3 Å². The molecule has 36 heavy (non-hydrogen) atoms. The molecule has 4 rings (SSSR count). The van der Waals surface area contributed by atoms with Gasteiger partial charge in [0.15, 0.2) is 5.82 Å². The lowest BCUT2D eigenvalue weighted by molar-refractivity contribution is -0.143. The minimum absolute atomic E-state index is 0.0237. The third-order valence-electron chi connectivity index (χ3n) is 5.61. The molecule has 2 aromatic rings. The number of aliphatic hydroxyl groups is 2. The van der Waals surface area contributed by atoms with Crippen LogP contribution in [0.1, 0.15) is 11.1 Å². The summed E-state index contributed by atoms with van der Waals surface area (Å²) in [5.41, 5.74) is -3.87. The van der Waals surface area contributed by atoms with Gasteiger partial charge in [0.25, 0.3) is 5.91 Å². The predicted octanol–water partition coefficient (Wildman–Crippen LogP) is 1.67. The fourth-order valence-electron chi connectivity index (χ4n) is 3.64. The van der Waals surface area contributed by atoms with Gasteiger partial charge in [-0.2, -0.15) is 26.3 Å². The summed E-state index contributed by atoms with van der Waals surface area (Å²) in [4.78, 5) is 32.1. The second-order valence-electron chi connectivity index (χ2n) is 8.20. The molecule has 2 N–H and O–H groups in total. The van der Waals surface area contributed by atoms with Gasteiger partial charge in [-0.15, -0.1) is 5.10 Å². The van der Waals surface area contributed by atoms with E-state index in [1.165, 1.54) is 11.9 Å². The minimum atomic E-state index is -5.05. The Balaban J connectivity index is 1.59. The third kappa shape index (κ3) is 4.91. The standard InChI is InChI=1S/C20H18F6N6O4/c1-29-14(17(35)32(18(29)36)8-15(34)30-5-13(33)6-30)7-31-9-27-16(28-31)10-2-11(19(21,22)23)4-12(3-10)20(24,25)26/h2-4,7,9,13,15,33-34H,5-6,8H2,1H3/b14-7-. The van der Waals surface area contributed by atoms with E-state index in [1.54, 1.807) is 0 Å². The number of carbonyl (C=O) groups is 2. The number of amides is 3. The predicted molar refractivity (Wildman–Crippen MR) is 108 cm³/mol. The number of carbonyl (C=O) groups excluding carboxylic acids is 2. The normalized spacial score (nSPS) is 20.0. The molecular formula is C20H18F6N6O4. The van der Waals surface area contributed by atoms with E-state index in [0.29, 0.717) is 12.1 Å². The van der Waals surface area contributed by atoms with Crippen LogP contribution in [0.25, 0.3) is 17.6 Å². The molecule has 0 spiro atoms. The van der Waals surface area contributed by atoms with Crippen molar-refractivity contribution in [3.05, 3.63) is 41.4 Å². The molecule has 3 heterocycles. The van der Waals surface area contributed by atoms with Gasteiger partial charge in [-0.05, 0) is 18.2 Å². The second kappa shape index (κ2) is 8.86. The number of aliphatic hydroxyl groups excluding tert-OH is 2. The number of β-amino-alcohol motifs (C(OH)–C–C–N with tert-alkyl or cyclic N) is 2. The van der Waals surface area contributed by atoms with Crippen molar-refractivity contribution in [3.63, 3.8) is 0 Å². The molecule has 0 bridgehead atoms. The third-order valence-corrected chi connectivity index (χ3v) is 5.61. The molecule has 0 saturated carbocycles. The van der Waals surface area contributed by atoms with Crippen LogP contribution >= 0.6 is 0 Å². The quantitative estimate of drug-likeness (QED) is 0.350. The van der Waals surface area contributed by atoms with Crippen molar-refractivity contribution < 1.29 is 46.1 Å². The van der Waals surface area contributed by atoms with Crippen LogP contribution in [0.5, 0.6) is 0 Å². The Morgan fingerprint density at radius 2 is 1.67 bits per heavy atom. The van der Waals surface area contributed by atoms with E-state index in [9.17, 15) is 46.1 Å². The van der Waals surface area contributed by atoms with Gasteiger partial charge in [-0.3, -0.25) is 19.5 Å². The van der Waals surface area contributed by atoms with E-state index in [4.69, 9.17) is 0 Å². The number of likely N-dealkylation sites (tertiary alicyclic amines) is 1. The SMILES string of the molecule is CN1C(=O)N(CC(O)N2CC(O)C2)C(=O)/C1=C/n1cnc(-c2cc(C(F)(F)F)cc(C(F)(F)F)c2)n1. The first kappa shape index (κ1) is 25.6. The Hall–Kier alpha value is -3.50. The summed E-state index contributed by atoms with van der Waals surface area (Å²) in [6.45, 7) is -0.0500. The highest BCUT2D eigenvalue weighted by molar-refractivity contribution is 6.13. The van der Waals surface area contributed by atoms with E-state index in [2.05, 4.69) is 10.1 Å². The largest absolute Gasteiger partial charge is 0.416 e. The number of urea groups is 1. The Morgan fingerprint density at radius 3 is 2.19 bits per heavy atom. The number of likely N-dealkylation sites (N-methyl/N-ethyl adjacent to an activating group) is 1. The number of hydrogen-bond donors (Lipinski definition) is 2. The van der Waals surface area contributed by atoms with Crippen molar-refractivity contribution in [3.8, 4) is 11.4 Å². The molecule has 194 valence electrons. The number of halogens is 6. The molecule has 2 aliphatic rings. The summed E-state index contributed by atoms with van der Waals surface area (Å²) in [7, 11) is 1.26. The zero-order valence-electron chi connectivity index (χ0n) is 18.3. The number of aromatic nitrogens is 3. The Bertz CT molecular complexity index is 1190. The van der Waals surface area contributed by atoms with E-state index in [1.807, 2.05) is 0 Å². The molecule has 3 amide bonds. The molecule has 0 radical (unpaired) electrons. The van der Waals surface area contributed by atoms with Crippen LogP contribution in [0.2, 0.25) is 0 Å². The van der Waals surface area contributed by atoms with Crippen molar-refractivity contribution in [2.75, 3.05) is 26.7 Å². The molecule has 1 atom stereocenters. The summed E-state index contributed by atoms with van der Waals surface area (Å²) in [5, 5.41) is 23.3. The fraction of sp³-hybridized carbons (Fsp3) is 0.400. The van der Waals surface area contributed by atoms with Gasteiger partial charge in [0.05, 0.1) is 30.0 Å². The minimum Gasteiger partial charge on any atom is -0.390 e. The van der Waals surface area contributed by atoms with Gasteiger partial charge in [0, 0.05) is 25.7 Å². The maximum absolute atomic E-state index is 13.1. The first-order valence-electron chi connectivity index (χ1n) is 10.3. The van der Waals surface area contributed by atoms with Crippen LogP contribution in [0, 0.1) is 0 Å². The van der Waals surface area contributed by atoms with E-state index in [-0.39, 0.29) is 31.4 Å². The summed E-state index contributed by atoms with van der Waals surface area (Å²) < 4.78 is 79.7. The average Bonchev–Trinajstić information content (AvgIpc) is 3.31. The van der Waals surface area contributed by atoms with Gasteiger partial charge >= 0.3 is 18.4 Å². The lowest BCUT2D eigenvalue weighted by atomic mass is 10.0. The van der Waals surface area contributed by atoms with Crippen LogP contribution in [0.15, 0.2) is 30.2 Å². The summed E-state index contributed by atoms with van der Waals surface area (Å²) in [5.74, 6) is -1.30. The van der Waals surface area contributed by atoms with Gasteiger partial charge in [0.2, 0.25) is 0 Å². The van der Waals surface area contributed by atoms with Crippen LogP contribution in [-0.4, -0.2) is 90.6 Å². The summed E-state index contributed by atoms with van der Waals surface area (Å²) >= 11 is 0. The van der Waals surface area contributed by atoms with Gasteiger partial charge < -0.3 is 10.2 Å². The molecular weight excluding hydrogens is 502 g/mol. The van der Waals surface area contributed by atoms with E-state index < -0.39 is 59.1 Å². The first-order chi connectivity index (χ1) is 16.6. The number of nitrogens with zero attached hydrogens (tertiary/aromatic N) is 6. The smallest absolute Gasteiger partial charge is 0.390 e. The molecule has 1 aromatic carbocycles. The van der Waals surface area contributed by atoms with Crippen LogP contribution in [0.4, 0.5) is 31.1 Å². The van der Waals surface area contributed by atoms with Crippen molar-refractivity contribution in [1.82, 2.24) is 29.5 Å². The molecule has 1 aromatic heterocycles. The lowest BCUT2D eigenvalue weighted by Gasteiger charge is -2.39. The van der Waals surface area contributed by atoms with Crippen LogP contribution in [-0.2, 0) is 17.1 Å². The zero-order chi connectivity index (χ0) is 26.6. The highest BCUT2D eigenvalue weighted by Crippen LogP contribution is 2.38. The van der Waals surface area contributed by atoms with Crippen molar-refractivity contribution in [2.45, 2.75) is 24.7 Å². The number of imide groups is 1. The number of alkyl halides is 6.